The fourth-order valence-electron chi connectivity index (χ4n) is 2.36. The number of hydrogen-bond donors (Lipinski definition) is 1. The molecule has 0 heterocycles. The van der Waals surface area contributed by atoms with E-state index in [0.717, 1.165) is 17.7 Å². The van der Waals surface area contributed by atoms with Gasteiger partial charge in [0.15, 0.2) is 0 Å². The summed E-state index contributed by atoms with van der Waals surface area (Å²) in [5.74, 6) is 0.330. The fraction of sp³-hybridized carbons (Fsp3) is 0.438. The Hall–Kier alpha value is -1.82. The van der Waals surface area contributed by atoms with Crippen molar-refractivity contribution in [1.29, 1.82) is 0 Å². The van der Waals surface area contributed by atoms with Gasteiger partial charge in [0.25, 0.3) is 5.69 Å². The Bertz CT molecular complexity index is 555. The normalized spacial score (nSPS) is 14.3. The van der Waals surface area contributed by atoms with Gasteiger partial charge in [-0.15, -0.1) is 11.8 Å². The van der Waals surface area contributed by atoms with Crippen LogP contribution in [0.2, 0.25) is 0 Å². The summed E-state index contributed by atoms with van der Waals surface area (Å²) in [7, 11) is 0. The summed E-state index contributed by atoms with van der Waals surface area (Å²) in [5.41, 5.74) is 1.52. The summed E-state index contributed by atoms with van der Waals surface area (Å²) in [5, 5.41) is 13.5. The van der Waals surface area contributed by atoms with Crippen LogP contribution in [0.25, 0.3) is 0 Å². The van der Waals surface area contributed by atoms with E-state index >= 15 is 0 Å². The SMILES string of the molecule is O=C(CSc1ccc([N+](=O)[O-])cc1)NCCC1=CCCCC1. The van der Waals surface area contributed by atoms with Crippen LogP contribution in [0.3, 0.4) is 0 Å². The highest BCUT2D eigenvalue weighted by Crippen LogP contribution is 2.21. The number of carbonyl (C=O) groups excluding carboxylic acids is 1. The first kappa shape index (κ1) is 16.5. The largest absolute Gasteiger partial charge is 0.355 e. The van der Waals surface area contributed by atoms with Gasteiger partial charge in [-0.1, -0.05) is 11.6 Å². The molecule has 0 aromatic heterocycles. The van der Waals surface area contributed by atoms with Crippen molar-refractivity contribution in [3.8, 4) is 0 Å². The summed E-state index contributed by atoms with van der Waals surface area (Å²) in [6.45, 7) is 0.686. The molecule has 0 spiro atoms. The van der Waals surface area contributed by atoms with Crippen molar-refractivity contribution in [1.82, 2.24) is 5.32 Å². The van der Waals surface area contributed by atoms with Crippen LogP contribution in [0.5, 0.6) is 0 Å². The molecule has 0 atom stereocenters. The number of carbonyl (C=O) groups is 1. The lowest BCUT2D eigenvalue weighted by molar-refractivity contribution is -0.384. The van der Waals surface area contributed by atoms with E-state index in [9.17, 15) is 14.9 Å². The van der Waals surface area contributed by atoms with E-state index in [2.05, 4.69) is 11.4 Å². The molecule has 22 heavy (non-hydrogen) atoms. The standard InChI is InChI=1S/C16H20N2O3S/c19-16(17-11-10-13-4-2-1-3-5-13)12-22-15-8-6-14(7-9-15)18(20)21/h4,6-9H,1-3,5,10-12H2,(H,17,19). The molecule has 0 radical (unpaired) electrons. The highest BCUT2D eigenvalue weighted by atomic mass is 32.2. The van der Waals surface area contributed by atoms with E-state index in [1.54, 1.807) is 12.1 Å². The van der Waals surface area contributed by atoms with Crippen molar-refractivity contribution in [3.63, 3.8) is 0 Å². The van der Waals surface area contributed by atoms with Crippen LogP contribution in [0.4, 0.5) is 5.69 Å². The number of nitrogens with one attached hydrogen (secondary N) is 1. The van der Waals surface area contributed by atoms with Gasteiger partial charge in [-0.25, -0.2) is 0 Å². The van der Waals surface area contributed by atoms with Crippen molar-refractivity contribution < 1.29 is 9.72 Å². The van der Waals surface area contributed by atoms with Crippen LogP contribution >= 0.6 is 11.8 Å². The zero-order valence-corrected chi connectivity index (χ0v) is 13.2. The quantitative estimate of drug-likeness (QED) is 0.360. The van der Waals surface area contributed by atoms with Gasteiger partial charge in [0, 0.05) is 23.6 Å². The lowest BCUT2D eigenvalue weighted by atomic mass is 9.97. The number of hydrogen-bond acceptors (Lipinski definition) is 4. The molecule has 1 aliphatic carbocycles. The first-order chi connectivity index (χ1) is 10.6. The molecular formula is C16H20N2O3S. The molecule has 1 aromatic carbocycles. The number of allylic oxidation sites excluding steroid dienone is 1. The Kier molecular flexibility index (Phi) is 6.45. The minimum Gasteiger partial charge on any atom is -0.355 e. The van der Waals surface area contributed by atoms with E-state index in [1.807, 2.05) is 0 Å². The molecule has 1 aliphatic rings. The maximum absolute atomic E-state index is 11.8. The van der Waals surface area contributed by atoms with Gasteiger partial charge in [0.1, 0.15) is 0 Å². The van der Waals surface area contributed by atoms with Gasteiger partial charge in [0.05, 0.1) is 10.7 Å². The first-order valence-electron chi connectivity index (χ1n) is 7.47. The predicted octanol–water partition coefficient (Wildman–Crippen LogP) is 3.69. The van der Waals surface area contributed by atoms with Crippen LogP contribution in [0, 0.1) is 10.1 Å². The molecule has 5 nitrogen and oxygen atoms in total. The number of nitro groups is 1. The fourth-order valence-corrected chi connectivity index (χ4v) is 3.09. The molecule has 6 heteroatoms. The molecule has 0 saturated carbocycles. The van der Waals surface area contributed by atoms with Gasteiger partial charge in [-0.05, 0) is 44.2 Å². The van der Waals surface area contributed by atoms with Gasteiger partial charge in [-0.2, -0.15) is 0 Å². The minimum atomic E-state index is -0.429. The molecular weight excluding hydrogens is 300 g/mol. The summed E-state index contributed by atoms with van der Waals surface area (Å²) in [4.78, 5) is 22.8. The Balaban J connectivity index is 1.66. The highest BCUT2D eigenvalue weighted by molar-refractivity contribution is 8.00. The van der Waals surface area contributed by atoms with E-state index in [-0.39, 0.29) is 11.6 Å². The van der Waals surface area contributed by atoms with Crippen LogP contribution in [-0.4, -0.2) is 23.1 Å². The average Bonchev–Trinajstić information content (AvgIpc) is 2.54. The maximum atomic E-state index is 11.8. The number of nitro benzene ring substituents is 1. The van der Waals surface area contributed by atoms with Gasteiger partial charge >= 0.3 is 0 Å². The number of rotatable bonds is 7. The number of nitrogens with zero attached hydrogens (tertiary/aromatic N) is 1. The van der Waals surface area contributed by atoms with Crippen molar-refractivity contribution in [2.45, 2.75) is 37.0 Å². The second-order valence-electron chi connectivity index (χ2n) is 5.25. The smallest absolute Gasteiger partial charge is 0.269 e. The monoisotopic (exact) mass is 320 g/mol. The Morgan fingerprint density at radius 3 is 2.68 bits per heavy atom. The van der Waals surface area contributed by atoms with Crippen molar-refractivity contribution in [2.75, 3.05) is 12.3 Å². The third-order valence-electron chi connectivity index (χ3n) is 3.57. The maximum Gasteiger partial charge on any atom is 0.269 e. The molecule has 118 valence electrons. The average molecular weight is 320 g/mol. The Morgan fingerprint density at radius 1 is 1.27 bits per heavy atom. The van der Waals surface area contributed by atoms with Gasteiger partial charge < -0.3 is 5.32 Å². The van der Waals surface area contributed by atoms with Gasteiger partial charge in [0.2, 0.25) is 5.91 Å². The second kappa shape index (κ2) is 8.58. The van der Waals surface area contributed by atoms with E-state index in [1.165, 1.54) is 48.7 Å². The molecule has 0 bridgehead atoms. The Labute approximate surface area is 134 Å². The van der Waals surface area contributed by atoms with Crippen LogP contribution < -0.4 is 5.32 Å². The number of non-ortho nitro benzene ring substituents is 1. The second-order valence-corrected chi connectivity index (χ2v) is 6.30. The summed E-state index contributed by atoms with van der Waals surface area (Å²) >= 11 is 1.39. The van der Waals surface area contributed by atoms with E-state index in [0.29, 0.717) is 12.3 Å². The highest BCUT2D eigenvalue weighted by Gasteiger charge is 2.07. The third-order valence-corrected chi connectivity index (χ3v) is 4.58. The van der Waals surface area contributed by atoms with Crippen LogP contribution in [-0.2, 0) is 4.79 Å². The van der Waals surface area contributed by atoms with Crippen molar-refractivity contribution in [2.24, 2.45) is 0 Å². The predicted molar refractivity (Wildman–Crippen MR) is 88.0 cm³/mol. The lowest BCUT2D eigenvalue weighted by Crippen LogP contribution is -2.26. The number of thioether (sulfide) groups is 1. The Morgan fingerprint density at radius 2 is 2.05 bits per heavy atom. The van der Waals surface area contributed by atoms with Crippen LogP contribution in [0.1, 0.15) is 32.1 Å². The molecule has 1 amide bonds. The molecule has 1 aromatic rings. The molecule has 2 rings (SSSR count). The minimum absolute atomic E-state index is 0.000220. The molecule has 0 aliphatic heterocycles. The van der Waals surface area contributed by atoms with Crippen molar-refractivity contribution in [3.05, 3.63) is 46.0 Å². The van der Waals surface area contributed by atoms with E-state index < -0.39 is 4.92 Å². The summed E-state index contributed by atoms with van der Waals surface area (Å²) in [6.07, 6.45) is 8.10. The van der Waals surface area contributed by atoms with E-state index in [4.69, 9.17) is 0 Å². The molecule has 0 fully saturated rings. The summed E-state index contributed by atoms with van der Waals surface area (Å²) in [6, 6.07) is 6.25. The summed E-state index contributed by atoms with van der Waals surface area (Å²) < 4.78 is 0. The topological polar surface area (TPSA) is 72.2 Å². The molecule has 0 saturated heterocycles. The number of benzene rings is 1. The zero-order chi connectivity index (χ0) is 15.8. The zero-order valence-electron chi connectivity index (χ0n) is 12.4. The number of amides is 1. The van der Waals surface area contributed by atoms with Crippen molar-refractivity contribution >= 4 is 23.4 Å². The lowest BCUT2D eigenvalue weighted by Gasteiger charge is -2.12. The first-order valence-corrected chi connectivity index (χ1v) is 8.45. The van der Waals surface area contributed by atoms with Gasteiger partial charge in [-0.3, -0.25) is 14.9 Å². The molecule has 0 unspecified atom stereocenters. The molecule has 1 N–H and O–H groups in total. The third kappa shape index (κ3) is 5.52. The van der Waals surface area contributed by atoms with Crippen LogP contribution in [0.15, 0.2) is 40.8 Å².